The molecule has 0 heterocycles. The summed E-state index contributed by atoms with van der Waals surface area (Å²) in [5, 5.41) is 2.49. The molecule has 1 N–H and O–H groups in total. The van der Waals surface area contributed by atoms with Crippen molar-refractivity contribution in [1.82, 2.24) is 0 Å². The molecule has 0 aliphatic rings. The van der Waals surface area contributed by atoms with E-state index >= 15 is 0 Å². The third-order valence-corrected chi connectivity index (χ3v) is 4.18. The monoisotopic (exact) mass is 293 g/mol. The quantitative estimate of drug-likeness (QED) is 0.879. The van der Waals surface area contributed by atoms with Crippen LogP contribution in [0.4, 0.5) is 10.1 Å². The Morgan fingerprint density at radius 1 is 1.00 bits per heavy atom. The average molecular weight is 293 g/mol. The Morgan fingerprint density at radius 2 is 1.60 bits per heavy atom. The standard InChI is InChI=1S/C14H12FNO3S/c15-11-6-8-13(9-7-11)20(18,19)10-14(17)16-12-4-2-1-3-5-12/h1-9H,10H2,(H,16,17). The molecule has 0 aliphatic carbocycles. The SMILES string of the molecule is O=C(CS(=O)(=O)c1ccc(F)cc1)Nc1ccccc1. The summed E-state index contributed by atoms with van der Waals surface area (Å²) in [5.41, 5.74) is 0.520. The van der Waals surface area contributed by atoms with Crippen LogP contribution in [0, 0.1) is 5.82 Å². The van der Waals surface area contributed by atoms with E-state index in [0.717, 1.165) is 24.3 Å². The number of carbonyl (C=O) groups excluding carboxylic acids is 1. The van der Waals surface area contributed by atoms with Crippen LogP contribution >= 0.6 is 0 Å². The fourth-order valence-corrected chi connectivity index (χ4v) is 2.75. The molecule has 0 atom stereocenters. The fourth-order valence-electron chi connectivity index (χ4n) is 1.62. The van der Waals surface area contributed by atoms with Crippen LogP contribution in [0.2, 0.25) is 0 Å². The minimum absolute atomic E-state index is 0.0814. The molecule has 4 nitrogen and oxygen atoms in total. The molecule has 104 valence electrons. The highest BCUT2D eigenvalue weighted by Gasteiger charge is 2.19. The first-order chi connectivity index (χ1) is 9.47. The van der Waals surface area contributed by atoms with Crippen LogP contribution in [0.3, 0.4) is 0 Å². The maximum atomic E-state index is 12.8. The first kappa shape index (κ1) is 14.2. The van der Waals surface area contributed by atoms with Crippen LogP contribution in [0.5, 0.6) is 0 Å². The van der Waals surface area contributed by atoms with Crippen molar-refractivity contribution in [3.05, 3.63) is 60.4 Å². The number of amides is 1. The summed E-state index contributed by atoms with van der Waals surface area (Å²) in [6.07, 6.45) is 0. The summed E-state index contributed by atoms with van der Waals surface area (Å²) in [5.74, 6) is -1.86. The number of halogens is 1. The molecule has 2 aromatic carbocycles. The molecule has 2 rings (SSSR count). The molecule has 0 aromatic heterocycles. The van der Waals surface area contributed by atoms with Gasteiger partial charge in [0.05, 0.1) is 4.90 Å². The molecule has 0 saturated heterocycles. The highest BCUT2D eigenvalue weighted by Crippen LogP contribution is 2.13. The summed E-state index contributed by atoms with van der Waals surface area (Å²) in [6, 6.07) is 12.9. The second-order valence-electron chi connectivity index (χ2n) is 4.13. The van der Waals surface area contributed by atoms with Crippen molar-refractivity contribution in [3.63, 3.8) is 0 Å². The van der Waals surface area contributed by atoms with Gasteiger partial charge in [0.2, 0.25) is 5.91 Å². The second kappa shape index (κ2) is 5.83. The summed E-state index contributed by atoms with van der Waals surface area (Å²) < 4.78 is 36.7. The Kier molecular flexibility index (Phi) is 4.14. The number of nitrogens with one attached hydrogen (secondary N) is 1. The topological polar surface area (TPSA) is 63.2 Å². The van der Waals surface area contributed by atoms with E-state index in [1.165, 1.54) is 0 Å². The lowest BCUT2D eigenvalue weighted by Crippen LogP contribution is -2.23. The van der Waals surface area contributed by atoms with E-state index in [0.29, 0.717) is 5.69 Å². The van der Waals surface area contributed by atoms with Gasteiger partial charge in [-0.25, -0.2) is 12.8 Å². The van der Waals surface area contributed by atoms with Gasteiger partial charge in [0.15, 0.2) is 9.84 Å². The predicted octanol–water partition coefficient (Wildman–Crippen LogP) is 2.24. The van der Waals surface area contributed by atoms with Gasteiger partial charge in [-0.3, -0.25) is 4.79 Å². The van der Waals surface area contributed by atoms with Crippen LogP contribution in [-0.4, -0.2) is 20.1 Å². The molecule has 1 amide bonds. The Balaban J connectivity index is 2.08. The molecular formula is C14H12FNO3S. The lowest BCUT2D eigenvalue weighted by Gasteiger charge is -2.06. The predicted molar refractivity (Wildman–Crippen MR) is 73.5 cm³/mol. The Bertz CT molecular complexity index is 697. The molecule has 0 unspecified atom stereocenters. The van der Waals surface area contributed by atoms with Crippen molar-refractivity contribution < 1.29 is 17.6 Å². The average Bonchev–Trinajstić information content (AvgIpc) is 2.39. The first-order valence-electron chi connectivity index (χ1n) is 5.80. The number of sulfone groups is 1. The summed E-state index contributed by atoms with van der Waals surface area (Å²) in [7, 11) is -3.78. The van der Waals surface area contributed by atoms with Crippen molar-refractivity contribution in [3.8, 4) is 0 Å². The van der Waals surface area contributed by atoms with Crippen molar-refractivity contribution >= 4 is 21.4 Å². The normalized spacial score (nSPS) is 11.1. The van der Waals surface area contributed by atoms with Crippen LogP contribution in [0.25, 0.3) is 0 Å². The number of para-hydroxylation sites is 1. The van der Waals surface area contributed by atoms with Gasteiger partial charge in [-0.05, 0) is 36.4 Å². The van der Waals surface area contributed by atoms with Crippen molar-refractivity contribution in [1.29, 1.82) is 0 Å². The van der Waals surface area contributed by atoms with Gasteiger partial charge in [-0.15, -0.1) is 0 Å². The molecular weight excluding hydrogens is 281 g/mol. The van der Waals surface area contributed by atoms with E-state index < -0.39 is 27.3 Å². The molecule has 0 saturated carbocycles. The number of rotatable bonds is 4. The van der Waals surface area contributed by atoms with Gasteiger partial charge >= 0.3 is 0 Å². The number of hydrogen-bond acceptors (Lipinski definition) is 3. The third kappa shape index (κ3) is 3.64. The fraction of sp³-hybridized carbons (Fsp3) is 0.0714. The number of benzene rings is 2. The van der Waals surface area contributed by atoms with E-state index in [9.17, 15) is 17.6 Å². The van der Waals surface area contributed by atoms with Gasteiger partial charge < -0.3 is 5.32 Å². The lowest BCUT2D eigenvalue weighted by molar-refractivity contribution is -0.113. The maximum absolute atomic E-state index is 12.8. The van der Waals surface area contributed by atoms with Crippen molar-refractivity contribution in [2.75, 3.05) is 11.1 Å². The smallest absolute Gasteiger partial charge is 0.239 e. The highest BCUT2D eigenvalue weighted by molar-refractivity contribution is 7.92. The van der Waals surface area contributed by atoms with Gasteiger partial charge in [-0.1, -0.05) is 18.2 Å². The van der Waals surface area contributed by atoms with Gasteiger partial charge in [0.1, 0.15) is 11.6 Å². The minimum atomic E-state index is -3.78. The van der Waals surface area contributed by atoms with Crippen LogP contribution in [0.15, 0.2) is 59.5 Å². The maximum Gasteiger partial charge on any atom is 0.239 e. The Morgan fingerprint density at radius 3 is 2.20 bits per heavy atom. The number of carbonyl (C=O) groups is 1. The molecule has 6 heteroatoms. The van der Waals surface area contributed by atoms with Crippen LogP contribution in [-0.2, 0) is 14.6 Å². The zero-order valence-electron chi connectivity index (χ0n) is 10.4. The zero-order valence-corrected chi connectivity index (χ0v) is 11.2. The molecule has 20 heavy (non-hydrogen) atoms. The number of anilines is 1. The van der Waals surface area contributed by atoms with Crippen LogP contribution in [0.1, 0.15) is 0 Å². The highest BCUT2D eigenvalue weighted by atomic mass is 32.2. The van der Waals surface area contributed by atoms with Gasteiger partial charge in [-0.2, -0.15) is 0 Å². The molecule has 0 aliphatic heterocycles. The van der Waals surface area contributed by atoms with Crippen molar-refractivity contribution in [2.24, 2.45) is 0 Å². The van der Waals surface area contributed by atoms with E-state index in [2.05, 4.69) is 5.32 Å². The van der Waals surface area contributed by atoms with Crippen LogP contribution < -0.4 is 5.32 Å². The molecule has 0 spiro atoms. The summed E-state index contributed by atoms with van der Waals surface area (Å²) in [4.78, 5) is 11.6. The molecule has 0 radical (unpaired) electrons. The molecule has 2 aromatic rings. The third-order valence-electron chi connectivity index (χ3n) is 2.55. The number of hydrogen-bond donors (Lipinski definition) is 1. The largest absolute Gasteiger partial charge is 0.325 e. The summed E-state index contributed by atoms with van der Waals surface area (Å²) in [6.45, 7) is 0. The second-order valence-corrected chi connectivity index (χ2v) is 6.12. The lowest BCUT2D eigenvalue weighted by atomic mass is 10.3. The van der Waals surface area contributed by atoms with E-state index in [1.54, 1.807) is 30.3 Å². The molecule has 0 fully saturated rings. The van der Waals surface area contributed by atoms with E-state index in [1.807, 2.05) is 0 Å². The van der Waals surface area contributed by atoms with E-state index in [4.69, 9.17) is 0 Å². The van der Waals surface area contributed by atoms with E-state index in [-0.39, 0.29) is 4.90 Å². The van der Waals surface area contributed by atoms with Gasteiger partial charge in [0, 0.05) is 5.69 Å². The first-order valence-corrected chi connectivity index (χ1v) is 7.46. The zero-order chi connectivity index (χ0) is 14.6. The van der Waals surface area contributed by atoms with Gasteiger partial charge in [0.25, 0.3) is 0 Å². The Hall–Kier alpha value is -2.21. The summed E-state index contributed by atoms with van der Waals surface area (Å²) >= 11 is 0. The Labute approximate surface area is 116 Å². The minimum Gasteiger partial charge on any atom is -0.325 e. The molecule has 0 bridgehead atoms. The van der Waals surface area contributed by atoms with Crippen molar-refractivity contribution in [2.45, 2.75) is 4.90 Å².